The molecule has 150 valence electrons. The number of piperazine rings is 1. The van der Waals surface area contributed by atoms with Gasteiger partial charge in [0.25, 0.3) is 0 Å². The molecule has 1 aliphatic rings. The van der Waals surface area contributed by atoms with E-state index in [0.717, 1.165) is 48.9 Å². The Morgan fingerprint density at radius 3 is 2.68 bits per heavy atom. The van der Waals surface area contributed by atoms with E-state index in [1.54, 1.807) is 4.52 Å². The second-order valence-electron chi connectivity index (χ2n) is 6.92. The van der Waals surface area contributed by atoms with Crippen LogP contribution < -0.4 is 0 Å². The summed E-state index contributed by atoms with van der Waals surface area (Å²) < 4.78 is 1.54. The number of hydrogen-bond acceptors (Lipinski definition) is 7. The quantitative estimate of drug-likeness (QED) is 0.636. The Labute approximate surface area is 172 Å². The van der Waals surface area contributed by atoms with Crippen LogP contribution in [0.5, 0.6) is 5.88 Å². The van der Waals surface area contributed by atoms with Gasteiger partial charge in [-0.05, 0) is 17.7 Å². The monoisotopic (exact) mass is 421 g/mol. The SMILES string of the molecule is CCc1nc2sc(C(c3cccc(Cl)c3)N3CCN(CCO)CC3)c(O)n2n1. The molecule has 4 rings (SSSR count). The number of fused-ring (bicyclic) bond motifs is 1. The first-order valence-electron chi connectivity index (χ1n) is 9.50. The van der Waals surface area contributed by atoms with E-state index in [1.807, 2.05) is 31.2 Å². The van der Waals surface area contributed by atoms with Crippen LogP contribution in [0.1, 0.15) is 29.2 Å². The van der Waals surface area contributed by atoms with E-state index in [1.165, 1.54) is 11.3 Å². The lowest BCUT2D eigenvalue weighted by Crippen LogP contribution is -2.48. The number of aliphatic hydroxyl groups excluding tert-OH is 1. The Morgan fingerprint density at radius 2 is 2.04 bits per heavy atom. The van der Waals surface area contributed by atoms with Gasteiger partial charge < -0.3 is 10.2 Å². The summed E-state index contributed by atoms with van der Waals surface area (Å²) in [6.45, 7) is 6.29. The van der Waals surface area contributed by atoms with Gasteiger partial charge in [-0.1, -0.05) is 42.0 Å². The van der Waals surface area contributed by atoms with Gasteiger partial charge in [0, 0.05) is 44.2 Å². The number of aromatic hydroxyl groups is 1. The molecule has 0 aliphatic carbocycles. The third kappa shape index (κ3) is 3.75. The zero-order valence-corrected chi connectivity index (χ0v) is 17.3. The Hall–Kier alpha value is -1.71. The summed E-state index contributed by atoms with van der Waals surface area (Å²) in [6.07, 6.45) is 0.730. The summed E-state index contributed by atoms with van der Waals surface area (Å²) in [5.41, 5.74) is 1.04. The van der Waals surface area contributed by atoms with Crippen LogP contribution in [0.15, 0.2) is 24.3 Å². The zero-order chi connectivity index (χ0) is 19.7. The van der Waals surface area contributed by atoms with E-state index < -0.39 is 0 Å². The average molecular weight is 422 g/mol. The second kappa shape index (κ2) is 8.34. The average Bonchev–Trinajstić information content (AvgIpc) is 3.23. The molecular formula is C19H24ClN5O2S. The number of aryl methyl sites for hydroxylation is 1. The van der Waals surface area contributed by atoms with E-state index >= 15 is 0 Å². The van der Waals surface area contributed by atoms with Crippen molar-refractivity contribution in [1.29, 1.82) is 0 Å². The van der Waals surface area contributed by atoms with Gasteiger partial charge >= 0.3 is 0 Å². The van der Waals surface area contributed by atoms with Crippen molar-refractivity contribution in [2.75, 3.05) is 39.3 Å². The van der Waals surface area contributed by atoms with Crippen molar-refractivity contribution in [2.45, 2.75) is 19.4 Å². The maximum Gasteiger partial charge on any atom is 0.230 e. The molecule has 0 amide bonds. The van der Waals surface area contributed by atoms with Crippen LogP contribution in [0.25, 0.3) is 4.96 Å². The number of aliphatic hydroxyl groups is 1. The van der Waals surface area contributed by atoms with Crippen LogP contribution in [0, 0.1) is 0 Å². The molecule has 1 unspecified atom stereocenters. The molecule has 0 saturated carbocycles. The van der Waals surface area contributed by atoms with Gasteiger partial charge in [-0.15, -0.1) is 5.10 Å². The van der Waals surface area contributed by atoms with E-state index in [2.05, 4.69) is 19.9 Å². The van der Waals surface area contributed by atoms with Crippen molar-refractivity contribution in [3.63, 3.8) is 0 Å². The molecule has 3 aromatic rings. The minimum Gasteiger partial charge on any atom is -0.492 e. The summed E-state index contributed by atoms with van der Waals surface area (Å²) in [5.74, 6) is 0.875. The van der Waals surface area contributed by atoms with E-state index in [-0.39, 0.29) is 18.5 Å². The third-order valence-electron chi connectivity index (χ3n) is 5.16. The molecule has 9 heteroatoms. The largest absolute Gasteiger partial charge is 0.492 e. The van der Waals surface area contributed by atoms with Gasteiger partial charge in [0.15, 0.2) is 5.82 Å². The highest BCUT2D eigenvalue weighted by molar-refractivity contribution is 7.17. The molecule has 1 atom stereocenters. The number of thiazole rings is 1. The molecule has 1 aliphatic heterocycles. The van der Waals surface area contributed by atoms with Gasteiger partial charge in [-0.3, -0.25) is 9.80 Å². The standard InChI is InChI=1S/C19H24ClN5O2S/c1-2-15-21-19-25(22-15)18(27)17(28-19)16(13-4-3-5-14(20)12-13)24-8-6-23(7-9-24)10-11-26/h3-5,12,16,26-27H,2,6-11H2,1H3. The summed E-state index contributed by atoms with van der Waals surface area (Å²) in [4.78, 5) is 10.7. The van der Waals surface area contributed by atoms with Gasteiger partial charge in [0.05, 0.1) is 17.5 Å². The number of nitrogens with zero attached hydrogens (tertiary/aromatic N) is 5. The molecule has 3 heterocycles. The lowest BCUT2D eigenvalue weighted by atomic mass is 10.0. The van der Waals surface area contributed by atoms with Crippen LogP contribution in [0.2, 0.25) is 5.02 Å². The first-order valence-corrected chi connectivity index (χ1v) is 10.7. The fourth-order valence-electron chi connectivity index (χ4n) is 3.71. The molecule has 2 N–H and O–H groups in total. The van der Waals surface area contributed by atoms with Crippen molar-refractivity contribution in [1.82, 2.24) is 24.4 Å². The second-order valence-corrected chi connectivity index (χ2v) is 8.37. The zero-order valence-electron chi connectivity index (χ0n) is 15.8. The molecule has 7 nitrogen and oxygen atoms in total. The summed E-state index contributed by atoms with van der Waals surface area (Å²) in [7, 11) is 0. The van der Waals surface area contributed by atoms with Crippen molar-refractivity contribution in [3.8, 4) is 5.88 Å². The Kier molecular flexibility index (Phi) is 5.84. The molecule has 2 aromatic heterocycles. The fourth-order valence-corrected chi connectivity index (χ4v) is 5.04. The molecule has 1 saturated heterocycles. The number of aromatic nitrogens is 3. The molecule has 28 heavy (non-hydrogen) atoms. The topological polar surface area (TPSA) is 77.1 Å². The van der Waals surface area contributed by atoms with Gasteiger partial charge in [-0.25, -0.2) is 4.98 Å². The van der Waals surface area contributed by atoms with Crippen molar-refractivity contribution in [2.24, 2.45) is 0 Å². The van der Waals surface area contributed by atoms with Crippen LogP contribution in [0.3, 0.4) is 0 Å². The lowest BCUT2D eigenvalue weighted by molar-refractivity contribution is 0.0945. The Morgan fingerprint density at radius 1 is 1.25 bits per heavy atom. The molecular weight excluding hydrogens is 398 g/mol. The molecule has 1 fully saturated rings. The predicted octanol–water partition coefficient (Wildman–Crippen LogP) is 2.41. The molecule has 0 bridgehead atoms. The number of benzene rings is 1. The van der Waals surface area contributed by atoms with Crippen molar-refractivity contribution in [3.05, 3.63) is 45.6 Å². The van der Waals surface area contributed by atoms with Crippen LogP contribution in [0.4, 0.5) is 0 Å². The first kappa shape index (κ1) is 19.6. The highest BCUT2D eigenvalue weighted by Gasteiger charge is 2.31. The van der Waals surface area contributed by atoms with Crippen LogP contribution in [-0.4, -0.2) is 73.9 Å². The van der Waals surface area contributed by atoms with Crippen LogP contribution >= 0.6 is 22.9 Å². The van der Waals surface area contributed by atoms with Gasteiger partial charge in [0.1, 0.15) is 0 Å². The van der Waals surface area contributed by atoms with Gasteiger partial charge in [-0.2, -0.15) is 4.52 Å². The molecule has 1 aromatic carbocycles. The van der Waals surface area contributed by atoms with Crippen LogP contribution in [-0.2, 0) is 6.42 Å². The third-order valence-corrected chi connectivity index (χ3v) is 6.47. The Balaban J connectivity index is 1.71. The van der Waals surface area contributed by atoms with E-state index in [4.69, 9.17) is 11.6 Å². The summed E-state index contributed by atoms with van der Waals surface area (Å²) >= 11 is 7.75. The Bertz CT molecular complexity index is 951. The number of rotatable bonds is 6. The highest BCUT2D eigenvalue weighted by Crippen LogP contribution is 2.40. The first-order chi connectivity index (χ1) is 13.6. The summed E-state index contributed by atoms with van der Waals surface area (Å²) in [6, 6.07) is 7.68. The highest BCUT2D eigenvalue weighted by atomic mass is 35.5. The smallest absolute Gasteiger partial charge is 0.230 e. The summed E-state index contributed by atoms with van der Waals surface area (Å²) in [5, 5.41) is 25.2. The van der Waals surface area contributed by atoms with E-state index in [9.17, 15) is 10.2 Å². The minimum atomic E-state index is -0.117. The van der Waals surface area contributed by atoms with E-state index in [0.29, 0.717) is 16.5 Å². The number of halogens is 1. The number of hydrogen-bond donors (Lipinski definition) is 2. The number of β-amino-alcohol motifs (C(OH)–C–C–N with tert-alkyl or cyclic N) is 1. The fraction of sp³-hybridized carbons (Fsp3) is 0.474. The maximum absolute atomic E-state index is 10.9. The molecule has 0 radical (unpaired) electrons. The predicted molar refractivity (Wildman–Crippen MR) is 110 cm³/mol. The van der Waals surface area contributed by atoms with Gasteiger partial charge in [0.2, 0.25) is 10.8 Å². The van der Waals surface area contributed by atoms with Crippen molar-refractivity contribution < 1.29 is 10.2 Å². The maximum atomic E-state index is 10.9. The van der Waals surface area contributed by atoms with Crippen molar-refractivity contribution >= 4 is 27.9 Å². The minimum absolute atomic E-state index is 0.117. The molecule has 0 spiro atoms. The normalized spacial score (nSPS) is 17.4. The lowest BCUT2D eigenvalue weighted by Gasteiger charge is -2.39.